The Morgan fingerprint density at radius 2 is 2.62 bits per heavy atom. The lowest BCUT2D eigenvalue weighted by molar-refractivity contribution is -0.132. The summed E-state index contributed by atoms with van der Waals surface area (Å²) in [6.07, 6.45) is 0.314. The molecule has 0 unspecified atom stereocenters. The molecule has 4 heteroatoms. The number of rotatable bonds is 2. The summed E-state index contributed by atoms with van der Waals surface area (Å²) in [7, 11) is 0. The minimum atomic E-state index is -0.364. The van der Waals surface area contributed by atoms with Crippen LogP contribution in [0.1, 0.15) is 13.3 Å². The van der Waals surface area contributed by atoms with E-state index in [1.54, 1.807) is 12.3 Å². The van der Waals surface area contributed by atoms with Gasteiger partial charge in [-0.3, -0.25) is 4.79 Å². The number of carbonyl (C=O) groups excluding carboxylic acids is 1. The van der Waals surface area contributed by atoms with E-state index >= 15 is 0 Å². The second-order valence-electron chi connectivity index (χ2n) is 0.984. The van der Waals surface area contributed by atoms with E-state index in [4.69, 9.17) is 5.26 Å². The predicted octanol–water partition coefficient (Wildman–Crippen LogP) is 1.07. The third-order valence-corrected chi connectivity index (χ3v) is 0.804. The first-order valence-corrected chi connectivity index (χ1v) is 2.80. The molecule has 8 heavy (non-hydrogen) atoms. The van der Waals surface area contributed by atoms with E-state index in [1.165, 1.54) is 0 Å². The van der Waals surface area contributed by atoms with Crippen molar-refractivity contribution < 1.29 is 8.98 Å². The lowest BCUT2D eigenvalue weighted by Gasteiger charge is -1.88. The van der Waals surface area contributed by atoms with E-state index in [9.17, 15) is 4.79 Å². The van der Waals surface area contributed by atoms with Gasteiger partial charge in [0.1, 0.15) is 0 Å². The average Bonchev–Trinajstić information content (AvgIpc) is 1.83. The van der Waals surface area contributed by atoms with Crippen molar-refractivity contribution in [2.24, 2.45) is 0 Å². The molecule has 0 aliphatic heterocycles. The van der Waals surface area contributed by atoms with Gasteiger partial charge in [-0.2, -0.15) is 5.26 Å². The van der Waals surface area contributed by atoms with Gasteiger partial charge in [-0.1, -0.05) is 6.92 Å². The highest BCUT2D eigenvalue weighted by Gasteiger charge is 1.95. The molecule has 0 aromatic rings. The number of hydrogen-bond donors (Lipinski definition) is 0. The maximum Gasteiger partial charge on any atom is 0.318 e. The number of thiocyanates is 1. The van der Waals surface area contributed by atoms with E-state index in [0.717, 1.165) is 0 Å². The van der Waals surface area contributed by atoms with Crippen LogP contribution in [0.2, 0.25) is 0 Å². The van der Waals surface area contributed by atoms with Gasteiger partial charge in [0.15, 0.2) is 17.4 Å². The summed E-state index contributed by atoms with van der Waals surface area (Å²) in [5.41, 5.74) is 0. The smallest absolute Gasteiger partial charge is 0.318 e. The molecule has 0 spiro atoms. The Morgan fingerprint density at radius 3 is 3.00 bits per heavy atom. The van der Waals surface area contributed by atoms with Gasteiger partial charge in [0, 0.05) is 6.42 Å². The Bertz CT molecular complexity index is 118. The molecule has 0 radical (unpaired) electrons. The Balaban J connectivity index is 3.15. The molecule has 0 amide bonds. The molecule has 0 aromatic carbocycles. The summed E-state index contributed by atoms with van der Waals surface area (Å²) in [6, 6.07) is 0. The molecule has 0 atom stereocenters. The molecule has 0 bridgehead atoms. The monoisotopic (exact) mass is 131 g/mol. The minimum absolute atomic E-state index is 0.314. The van der Waals surface area contributed by atoms with Crippen LogP contribution in [0.5, 0.6) is 0 Å². The van der Waals surface area contributed by atoms with E-state index in [-0.39, 0.29) is 5.97 Å². The molecule has 0 fully saturated rings. The van der Waals surface area contributed by atoms with Crippen LogP contribution in [-0.2, 0) is 8.98 Å². The first-order valence-electron chi connectivity index (χ1n) is 2.06. The van der Waals surface area contributed by atoms with Crippen LogP contribution in [-0.4, -0.2) is 5.97 Å². The van der Waals surface area contributed by atoms with Gasteiger partial charge in [0.05, 0.1) is 0 Å². The quantitative estimate of drug-likeness (QED) is 0.415. The van der Waals surface area contributed by atoms with Crippen molar-refractivity contribution in [3.05, 3.63) is 0 Å². The summed E-state index contributed by atoms with van der Waals surface area (Å²) < 4.78 is 4.26. The Morgan fingerprint density at radius 1 is 2.00 bits per heavy atom. The fourth-order valence-electron chi connectivity index (χ4n) is 0.124. The topological polar surface area (TPSA) is 50.1 Å². The van der Waals surface area contributed by atoms with Crippen LogP contribution in [0.15, 0.2) is 0 Å². The minimum Gasteiger partial charge on any atom is -0.375 e. The van der Waals surface area contributed by atoms with Crippen LogP contribution in [0.3, 0.4) is 0 Å². The van der Waals surface area contributed by atoms with Gasteiger partial charge in [-0.05, 0) is 0 Å². The van der Waals surface area contributed by atoms with Crippen LogP contribution in [0.25, 0.3) is 0 Å². The van der Waals surface area contributed by atoms with Gasteiger partial charge >= 0.3 is 5.97 Å². The fourth-order valence-corrected chi connectivity index (χ4v) is 0.372. The Labute approximate surface area is 51.8 Å². The van der Waals surface area contributed by atoms with Gasteiger partial charge in [0.25, 0.3) is 0 Å². The molecule has 0 N–H and O–H groups in total. The lowest BCUT2D eigenvalue weighted by Crippen LogP contribution is -1.93. The molecule has 0 aliphatic carbocycles. The van der Waals surface area contributed by atoms with Crippen molar-refractivity contribution in [3.63, 3.8) is 0 Å². The molecule has 3 nitrogen and oxygen atoms in total. The second kappa shape index (κ2) is 4.47. The molecule has 0 saturated carbocycles. The third-order valence-electron chi connectivity index (χ3n) is 0.461. The number of carbonyl (C=O) groups is 1. The zero-order valence-corrected chi connectivity index (χ0v) is 5.20. The maximum atomic E-state index is 10.2. The molecule has 0 heterocycles. The van der Waals surface area contributed by atoms with E-state index < -0.39 is 0 Å². The van der Waals surface area contributed by atoms with Crippen molar-refractivity contribution in [2.75, 3.05) is 0 Å². The van der Waals surface area contributed by atoms with Crippen LogP contribution in [0.4, 0.5) is 0 Å². The normalized spacial score (nSPS) is 7.50. The van der Waals surface area contributed by atoms with Gasteiger partial charge in [0.2, 0.25) is 0 Å². The summed E-state index contributed by atoms with van der Waals surface area (Å²) in [4.78, 5) is 10.2. The van der Waals surface area contributed by atoms with Gasteiger partial charge < -0.3 is 4.18 Å². The standard InChI is InChI=1S/C4H5NO2S/c1-2-4(6)7-8-3-5/h2H2,1H3. The van der Waals surface area contributed by atoms with Gasteiger partial charge in [-0.25, -0.2) is 0 Å². The Hall–Kier alpha value is -0.690. The summed E-state index contributed by atoms with van der Waals surface area (Å²) in [5, 5.41) is 9.45. The molecule has 0 saturated heterocycles. The van der Waals surface area contributed by atoms with Crippen molar-refractivity contribution in [3.8, 4) is 5.40 Å². The number of hydrogen-bond acceptors (Lipinski definition) is 4. The molecule has 0 aliphatic rings. The van der Waals surface area contributed by atoms with Crippen LogP contribution >= 0.6 is 12.0 Å². The zero-order valence-electron chi connectivity index (χ0n) is 4.38. The molecular formula is C4H5NO2S. The highest BCUT2D eigenvalue weighted by Crippen LogP contribution is 1.99. The van der Waals surface area contributed by atoms with Crippen molar-refractivity contribution in [1.29, 1.82) is 5.26 Å². The number of nitrogens with zero attached hydrogens (tertiary/aromatic N) is 1. The summed E-state index contributed by atoms with van der Waals surface area (Å²) in [6.45, 7) is 1.67. The van der Waals surface area contributed by atoms with Crippen LogP contribution in [0, 0.1) is 10.7 Å². The second-order valence-corrected chi connectivity index (χ2v) is 1.50. The highest BCUT2D eigenvalue weighted by molar-refractivity contribution is 7.99. The third kappa shape index (κ3) is 3.50. The summed E-state index contributed by atoms with van der Waals surface area (Å²) >= 11 is 0.497. The van der Waals surface area contributed by atoms with Crippen molar-refractivity contribution in [1.82, 2.24) is 0 Å². The Kier molecular flexibility index (Phi) is 4.08. The zero-order chi connectivity index (χ0) is 6.41. The van der Waals surface area contributed by atoms with E-state index in [1.807, 2.05) is 0 Å². The van der Waals surface area contributed by atoms with Crippen molar-refractivity contribution in [2.45, 2.75) is 13.3 Å². The maximum absolute atomic E-state index is 10.2. The highest BCUT2D eigenvalue weighted by atomic mass is 32.2. The largest absolute Gasteiger partial charge is 0.375 e. The lowest BCUT2D eigenvalue weighted by atomic mass is 10.5. The molecule has 0 rings (SSSR count). The summed E-state index contributed by atoms with van der Waals surface area (Å²) in [5.74, 6) is -0.364. The van der Waals surface area contributed by atoms with Crippen LogP contribution < -0.4 is 0 Å². The SMILES string of the molecule is CCC(=O)OSC#N. The van der Waals surface area contributed by atoms with E-state index in [0.29, 0.717) is 18.5 Å². The average molecular weight is 131 g/mol. The number of nitriles is 1. The van der Waals surface area contributed by atoms with Gasteiger partial charge in [-0.15, -0.1) is 0 Å². The fraction of sp³-hybridized carbons (Fsp3) is 0.500. The van der Waals surface area contributed by atoms with Crippen molar-refractivity contribution >= 4 is 18.0 Å². The molecule has 44 valence electrons. The first kappa shape index (κ1) is 7.31. The molecular weight excluding hydrogens is 126 g/mol. The van der Waals surface area contributed by atoms with E-state index in [2.05, 4.69) is 4.18 Å². The predicted molar refractivity (Wildman–Crippen MR) is 29.6 cm³/mol. The first-order chi connectivity index (χ1) is 3.81. The molecule has 0 aromatic heterocycles.